The van der Waals surface area contributed by atoms with Gasteiger partial charge in [0.2, 0.25) is 0 Å². The van der Waals surface area contributed by atoms with Gasteiger partial charge in [-0.3, -0.25) is 0 Å². The Kier molecular flexibility index (Phi) is 10.7. The van der Waals surface area contributed by atoms with Gasteiger partial charge in [-0.05, 0) is 78.2 Å². The zero-order chi connectivity index (χ0) is 20.2. The number of carbonyl (C=O) groups is 1. The zero-order valence-corrected chi connectivity index (χ0v) is 17.5. The highest BCUT2D eigenvalue weighted by Gasteiger charge is 2.21. The van der Waals surface area contributed by atoms with Crippen molar-refractivity contribution in [3.05, 3.63) is 58.7 Å². The van der Waals surface area contributed by atoms with Gasteiger partial charge in [-0.25, -0.2) is 4.79 Å². The SMILES string of the molecule is C=C(C(=O)O)C1CC=C(CC/C=C(\C)CC/C=C(\C)CCC=C(C)C)CO1. The summed E-state index contributed by atoms with van der Waals surface area (Å²) in [4.78, 5) is 10.9. The summed E-state index contributed by atoms with van der Waals surface area (Å²) in [5, 5.41) is 8.96. The number of hydrogen-bond acceptors (Lipinski definition) is 2. The Morgan fingerprint density at radius 3 is 2.22 bits per heavy atom. The number of carboxylic acids is 1. The van der Waals surface area contributed by atoms with Gasteiger partial charge in [-0.2, -0.15) is 0 Å². The van der Waals surface area contributed by atoms with E-state index in [-0.39, 0.29) is 11.7 Å². The van der Waals surface area contributed by atoms with E-state index in [9.17, 15) is 4.79 Å². The van der Waals surface area contributed by atoms with E-state index in [0.717, 1.165) is 38.5 Å². The third-order valence-corrected chi connectivity index (χ3v) is 4.83. The Morgan fingerprint density at radius 2 is 1.70 bits per heavy atom. The molecule has 1 aliphatic heterocycles. The van der Waals surface area contributed by atoms with E-state index >= 15 is 0 Å². The topological polar surface area (TPSA) is 46.5 Å². The van der Waals surface area contributed by atoms with Gasteiger partial charge in [0.25, 0.3) is 0 Å². The summed E-state index contributed by atoms with van der Waals surface area (Å²) in [7, 11) is 0. The third kappa shape index (κ3) is 10.1. The Hall–Kier alpha value is -1.87. The quantitative estimate of drug-likeness (QED) is 0.331. The molecule has 0 aromatic heterocycles. The smallest absolute Gasteiger partial charge is 0.333 e. The van der Waals surface area contributed by atoms with Crippen molar-refractivity contribution in [3.8, 4) is 0 Å². The molecular formula is C24H36O3. The molecule has 0 aliphatic carbocycles. The molecule has 0 amide bonds. The molecule has 0 saturated heterocycles. The number of aliphatic carboxylic acids is 1. The summed E-state index contributed by atoms with van der Waals surface area (Å²) >= 11 is 0. The molecule has 3 heteroatoms. The fraction of sp³-hybridized carbons (Fsp3) is 0.542. The molecule has 150 valence electrons. The lowest BCUT2D eigenvalue weighted by Gasteiger charge is -2.22. The predicted molar refractivity (Wildman–Crippen MR) is 114 cm³/mol. The number of ether oxygens (including phenoxy) is 1. The van der Waals surface area contributed by atoms with Gasteiger partial charge < -0.3 is 9.84 Å². The van der Waals surface area contributed by atoms with Crippen LogP contribution in [-0.4, -0.2) is 23.8 Å². The highest BCUT2D eigenvalue weighted by atomic mass is 16.5. The monoisotopic (exact) mass is 372 g/mol. The van der Waals surface area contributed by atoms with Crippen molar-refractivity contribution < 1.29 is 14.6 Å². The number of allylic oxidation sites excluding steroid dienone is 6. The molecule has 1 rings (SSSR count). The lowest BCUT2D eigenvalue weighted by Crippen LogP contribution is -2.24. The van der Waals surface area contributed by atoms with E-state index in [2.05, 4.69) is 58.6 Å². The molecular weight excluding hydrogens is 336 g/mol. The minimum Gasteiger partial charge on any atom is -0.478 e. The molecule has 0 saturated carbocycles. The van der Waals surface area contributed by atoms with E-state index < -0.39 is 5.97 Å². The van der Waals surface area contributed by atoms with E-state index in [1.807, 2.05) is 0 Å². The first-order chi connectivity index (χ1) is 12.8. The third-order valence-electron chi connectivity index (χ3n) is 4.83. The van der Waals surface area contributed by atoms with Crippen LogP contribution in [-0.2, 0) is 9.53 Å². The zero-order valence-electron chi connectivity index (χ0n) is 17.5. The minimum atomic E-state index is -0.975. The van der Waals surface area contributed by atoms with Crippen LogP contribution in [0.5, 0.6) is 0 Å². The van der Waals surface area contributed by atoms with Crippen LogP contribution in [0.25, 0.3) is 0 Å². The fourth-order valence-electron chi connectivity index (χ4n) is 3.01. The maximum Gasteiger partial charge on any atom is 0.333 e. The van der Waals surface area contributed by atoms with Crippen LogP contribution < -0.4 is 0 Å². The molecule has 1 atom stereocenters. The Labute approximate surface area is 165 Å². The lowest BCUT2D eigenvalue weighted by atomic mass is 10.0. The van der Waals surface area contributed by atoms with Gasteiger partial charge in [0.15, 0.2) is 0 Å². The molecule has 0 spiro atoms. The Bertz CT molecular complexity index is 628. The fourth-order valence-corrected chi connectivity index (χ4v) is 3.01. The highest BCUT2D eigenvalue weighted by molar-refractivity contribution is 5.87. The molecule has 1 N–H and O–H groups in total. The molecule has 0 aromatic carbocycles. The lowest BCUT2D eigenvalue weighted by molar-refractivity contribution is -0.134. The maximum absolute atomic E-state index is 10.9. The summed E-state index contributed by atoms with van der Waals surface area (Å²) in [5.74, 6) is -0.975. The van der Waals surface area contributed by atoms with Gasteiger partial charge in [-0.15, -0.1) is 0 Å². The first kappa shape index (κ1) is 23.2. The van der Waals surface area contributed by atoms with Gasteiger partial charge in [0, 0.05) is 0 Å². The van der Waals surface area contributed by atoms with Crippen LogP contribution in [0.15, 0.2) is 58.7 Å². The van der Waals surface area contributed by atoms with Crippen LogP contribution in [0, 0.1) is 0 Å². The van der Waals surface area contributed by atoms with E-state index in [1.165, 1.54) is 22.3 Å². The maximum atomic E-state index is 10.9. The normalized spacial score (nSPS) is 18.1. The van der Waals surface area contributed by atoms with Gasteiger partial charge in [-0.1, -0.05) is 47.6 Å². The largest absolute Gasteiger partial charge is 0.478 e. The van der Waals surface area contributed by atoms with Crippen molar-refractivity contribution in [2.24, 2.45) is 0 Å². The second-order valence-electron chi connectivity index (χ2n) is 7.73. The highest BCUT2D eigenvalue weighted by Crippen LogP contribution is 2.21. The minimum absolute atomic E-state index is 0.144. The van der Waals surface area contributed by atoms with Crippen molar-refractivity contribution in [1.29, 1.82) is 0 Å². The van der Waals surface area contributed by atoms with E-state index in [0.29, 0.717) is 13.0 Å². The standard InChI is InChI=1S/C24H36O3/c1-18(2)9-6-10-19(3)11-7-12-20(4)13-8-14-22-15-16-23(27-17-22)21(5)24(25)26/h9,11,13,15,23H,5-8,10,12,14,16-17H2,1-4H3,(H,25,26)/b19-11+,20-13+. The predicted octanol–water partition coefficient (Wildman–Crippen LogP) is 6.54. The second-order valence-corrected chi connectivity index (χ2v) is 7.73. The van der Waals surface area contributed by atoms with Gasteiger partial charge in [0.1, 0.15) is 0 Å². The van der Waals surface area contributed by atoms with Crippen LogP contribution in [0.1, 0.15) is 72.6 Å². The van der Waals surface area contributed by atoms with Crippen molar-refractivity contribution in [3.63, 3.8) is 0 Å². The van der Waals surface area contributed by atoms with Crippen LogP contribution in [0.4, 0.5) is 0 Å². The number of hydrogen-bond donors (Lipinski definition) is 1. The average molecular weight is 373 g/mol. The first-order valence-corrected chi connectivity index (χ1v) is 9.95. The van der Waals surface area contributed by atoms with Crippen LogP contribution in [0.2, 0.25) is 0 Å². The summed E-state index contributed by atoms with van der Waals surface area (Å²) in [6, 6.07) is 0. The number of rotatable bonds is 11. The van der Waals surface area contributed by atoms with Crippen molar-refractivity contribution in [1.82, 2.24) is 0 Å². The van der Waals surface area contributed by atoms with Crippen LogP contribution >= 0.6 is 0 Å². The molecule has 0 fully saturated rings. The summed E-state index contributed by atoms with van der Waals surface area (Å²) < 4.78 is 5.63. The van der Waals surface area contributed by atoms with Gasteiger partial charge >= 0.3 is 5.97 Å². The number of carboxylic acid groups (broad SMARTS) is 1. The molecule has 27 heavy (non-hydrogen) atoms. The van der Waals surface area contributed by atoms with Crippen LogP contribution in [0.3, 0.4) is 0 Å². The van der Waals surface area contributed by atoms with Crippen molar-refractivity contribution in [2.75, 3.05) is 6.61 Å². The molecule has 1 aliphatic rings. The molecule has 0 bridgehead atoms. The molecule has 3 nitrogen and oxygen atoms in total. The molecule has 0 aromatic rings. The van der Waals surface area contributed by atoms with Gasteiger partial charge in [0.05, 0.1) is 18.3 Å². The summed E-state index contributed by atoms with van der Waals surface area (Å²) in [6.45, 7) is 12.8. The second kappa shape index (κ2) is 12.5. The summed E-state index contributed by atoms with van der Waals surface area (Å²) in [5.41, 5.74) is 5.69. The molecule has 1 heterocycles. The first-order valence-electron chi connectivity index (χ1n) is 9.95. The van der Waals surface area contributed by atoms with Crippen molar-refractivity contribution >= 4 is 5.97 Å². The molecule has 1 unspecified atom stereocenters. The van der Waals surface area contributed by atoms with E-state index in [4.69, 9.17) is 9.84 Å². The van der Waals surface area contributed by atoms with E-state index in [1.54, 1.807) is 0 Å². The molecule has 0 radical (unpaired) electrons. The Balaban J connectivity index is 2.28. The summed E-state index contributed by atoms with van der Waals surface area (Å²) in [6.07, 6.45) is 15.8. The van der Waals surface area contributed by atoms with Crippen molar-refractivity contribution in [2.45, 2.75) is 78.7 Å². The Morgan fingerprint density at radius 1 is 1.11 bits per heavy atom. The average Bonchev–Trinajstić information content (AvgIpc) is 2.61.